The first-order valence-electron chi connectivity index (χ1n) is 12.8. The number of benzene rings is 3. The summed E-state index contributed by atoms with van der Waals surface area (Å²) in [6, 6.07) is 24.8. The molecule has 2 amide bonds. The lowest BCUT2D eigenvalue weighted by atomic mass is 9.42. The Morgan fingerprint density at radius 1 is 0.778 bits per heavy atom. The largest absolute Gasteiger partial charge is 0.333 e. The fourth-order valence-corrected chi connectivity index (χ4v) is 8.60. The third-order valence-electron chi connectivity index (χ3n) is 8.76. The average Bonchev–Trinajstić information content (AvgIpc) is 2.84. The van der Waals surface area contributed by atoms with Gasteiger partial charge in [-0.3, -0.25) is 0 Å². The van der Waals surface area contributed by atoms with Crippen LogP contribution in [0.15, 0.2) is 83.8 Å². The maximum Gasteiger partial charge on any atom is 0.333 e. The van der Waals surface area contributed by atoms with E-state index in [9.17, 15) is 13.2 Å². The number of rotatable bonds is 5. The summed E-state index contributed by atoms with van der Waals surface area (Å²) in [6.07, 6.45) is 7.60. The van der Waals surface area contributed by atoms with Crippen molar-refractivity contribution in [2.24, 2.45) is 11.8 Å². The molecular formula is C30H32N2O3S. The Hall–Kier alpha value is -3.12. The summed E-state index contributed by atoms with van der Waals surface area (Å²) in [5.41, 5.74) is 4.82. The molecule has 4 saturated carbocycles. The number of urea groups is 1. The molecule has 4 bridgehead atoms. The Labute approximate surface area is 213 Å². The summed E-state index contributed by atoms with van der Waals surface area (Å²) in [5.74, 6) is 1.53. The number of hydrogen-bond donors (Lipinski definition) is 2. The molecule has 0 radical (unpaired) electrons. The normalized spacial score (nSPS) is 28.6. The van der Waals surface area contributed by atoms with Crippen LogP contribution in [-0.4, -0.2) is 14.4 Å². The van der Waals surface area contributed by atoms with Crippen LogP contribution >= 0.6 is 0 Å². The highest BCUT2D eigenvalue weighted by Crippen LogP contribution is 2.66. The Balaban J connectivity index is 1.19. The van der Waals surface area contributed by atoms with Gasteiger partial charge in [-0.25, -0.2) is 17.9 Å². The van der Waals surface area contributed by atoms with Gasteiger partial charge in [0.25, 0.3) is 10.0 Å². The van der Waals surface area contributed by atoms with Crippen LogP contribution in [0.2, 0.25) is 0 Å². The number of amides is 2. The quantitative estimate of drug-likeness (QED) is 0.432. The highest BCUT2D eigenvalue weighted by atomic mass is 32.2. The van der Waals surface area contributed by atoms with E-state index < -0.39 is 16.1 Å². The van der Waals surface area contributed by atoms with Crippen molar-refractivity contribution in [3.8, 4) is 0 Å². The standard InChI is InChI=1S/C30H32N2O3S/c1-21-7-13-27(14-8-21)36(34,35)32-28(33)31-26-11-9-25(10-12-26)30-18-22-15-23(19-30)17-29(16-22,20-30)24-5-3-2-4-6-24/h2-14,22-23H,15-20H2,1H3,(H2,31,32,33). The number of carbonyl (C=O) groups is 1. The molecule has 4 aliphatic rings. The van der Waals surface area contributed by atoms with E-state index in [0.717, 1.165) is 17.4 Å². The Morgan fingerprint density at radius 2 is 1.33 bits per heavy atom. The van der Waals surface area contributed by atoms with Gasteiger partial charge in [0.2, 0.25) is 0 Å². The molecule has 4 fully saturated rings. The van der Waals surface area contributed by atoms with Gasteiger partial charge >= 0.3 is 6.03 Å². The summed E-state index contributed by atoms with van der Waals surface area (Å²) in [7, 11) is -3.93. The van der Waals surface area contributed by atoms with Gasteiger partial charge < -0.3 is 5.32 Å². The maximum absolute atomic E-state index is 12.5. The Morgan fingerprint density at radius 3 is 1.92 bits per heavy atom. The third kappa shape index (κ3) is 4.11. The summed E-state index contributed by atoms with van der Waals surface area (Å²) in [5, 5.41) is 2.68. The van der Waals surface area contributed by atoms with Crippen molar-refractivity contribution in [2.75, 3.05) is 5.32 Å². The molecule has 0 spiro atoms. The fraction of sp³-hybridized carbons (Fsp3) is 0.367. The van der Waals surface area contributed by atoms with E-state index in [2.05, 4.69) is 52.5 Å². The van der Waals surface area contributed by atoms with Crippen LogP contribution in [0.25, 0.3) is 0 Å². The lowest BCUT2D eigenvalue weighted by molar-refractivity contribution is -0.0281. The van der Waals surface area contributed by atoms with Crippen LogP contribution in [0.4, 0.5) is 10.5 Å². The first-order chi connectivity index (χ1) is 17.3. The Bertz CT molecular complexity index is 1370. The van der Waals surface area contributed by atoms with Crippen molar-refractivity contribution in [2.45, 2.75) is 61.2 Å². The van der Waals surface area contributed by atoms with Gasteiger partial charge in [-0.05, 0) is 104 Å². The van der Waals surface area contributed by atoms with Crippen molar-refractivity contribution in [1.82, 2.24) is 4.72 Å². The monoisotopic (exact) mass is 500 g/mol. The molecule has 0 saturated heterocycles. The van der Waals surface area contributed by atoms with Gasteiger partial charge in [-0.15, -0.1) is 0 Å². The average molecular weight is 501 g/mol. The van der Waals surface area contributed by atoms with Crippen molar-refractivity contribution in [1.29, 1.82) is 0 Å². The first kappa shape index (κ1) is 23.3. The molecule has 0 heterocycles. The molecular weight excluding hydrogens is 468 g/mol. The van der Waals surface area contributed by atoms with E-state index in [4.69, 9.17) is 0 Å². The molecule has 186 valence electrons. The van der Waals surface area contributed by atoms with Gasteiger partial charge in [0.1, 0.15) is 0 Å². The molecule has 2 N–H and O–H groups in total. The number of aryl methyl sites for hydroxylation is 1. The minimum Gasteiger partial charge on any atom is -0.307 e. The SMILES string of the molecule is Cc1ccc(S(=O)(=O)NC(=O)Nc2ccc(C34CC5CC(CC(c6ccccc6)(C5)C3)C4)cc2)cc1. The van der Waals surface area contributed by atoms with Crippen LogP contribution in [-0.2, 0) is 20.9 Å². The highest BCUT2D eigenvalue weighted by Gasteiger charge is 2.58. The van der Waals surface area contributed by atoms with E-state index >= 15 is 0 Å². The lowest BCUT2D eigenvalue weighted by Crippen LogP contribution is -2.55. The van der Waals surface area contributed by atoms with Crippen molar-refractivity contribution in [3.63, 3.8) is 0 Å². The van der Waals surface area contributed by atoms with Crippen LogP contribution in [0.5, 0.6) is 0 Å². The predicted octanol–water partition coefficient (Wildman–Crippen LogP) is 6.30. The van der Waals surface area contributed by atoms with Crippen molar-refractivity contribution >= 4 is 21.7 Å². The molecule has 0 aliphatic heterocycles. The second kappa shape index (κ2) is 8.48. The molecule has 7 rings (SSSR count). The summed E-state index contributed by atoms with van der Waals surface area (Å²) in [6.45, 7) is 1.88. The van der Waals surface area contributed by atoms with Crippen molar-refractivity contribution in [3.05, 3.63) is 95.6 Å². The zero-order valence-corrected chi connectivity index (χ0v) is 21.4. The number of sulfonamides is 1. The van der Waals surface area contributed by atoms with Crippen LogP contribution in [0.1, 0.15) is 55.2 Å². The molecule has 5 nitrogen and oxygen atoms in total. The second-order valence-electron chi connectivity index (χ2n) is 11.3. The van der Waals surface area contributed by atoms with E-state index in [0.29, 0.717) is 5.69 Å². The van der Waals surface area contributed by atoms with Gasteiger partial charge in [-0.1, -0.05) is 60.2 Å². The molecule has 4 aliphatic carbocycles. The fourth-order valence-electron chi connectivity index (χ4n) is 7.69. The van der Waals surface area contributed by atoms with E-state index in [1.165, 1.54) is 61.8 Å². The number of hydrogen-bond acceptors (Lipinski definition) is 3. The van der Waals surface area contributed by atoms with Gasteiger partial charge in [0.05, 0.1) is 4.90 Å². The predicted molar refractivity (Wildman–Crippen MR) is 141 cm³/mol. The minimum atomic E-state index is -3.93. The number of anilines is 1. The van der Waals surface area contributed by atoms with E-state index in [1.54, 1.807) is 12.1 Å². The first-order valence-corrected chi connectivity index (χ1v) is 14.3. The smallest absolute Gasteiger partial charge is 0.307 e. The zero-order chi connectivity index (χ0) is 25.0. The minimum absolute atomic E-state index is 0.0627. The lowest BCUT2D eigenvalue weighted by Gasteiger charge is -2.62. The second-order valence-corrected chi connectivity index (χ2v) is 13.0. The summed E-state index contributed by atoms with van der Waals surface area (Å²) >= 11 is 0. The van der Waals surface area contributed by atoms with E-state index in [-0.39, 0.29) is 15.7 Å². The van der Waals surface area contributed by atoms with Crippen molar-refractivity contribution < 1.29 is 13.2 Å². The van der Waals surface area contributed by atoms with E-state index in [1.807, 2.05) is 19.1 Å². The Kier molecular flexibility index (Phi) is 5.48. The third-order valence-corrected chi connectivity index (χ3v) is 10.1. The zero-order valence-electron chi connectivity index (χ0n) is 20.5. The molecule has 3 aromatic carbocycles. The molecule has 36 heavy (non-hydrogen) atoms. The van der Waals surface area contributed by atoms with Gasteiger partial charge in [0.15, 0.2) is 0 Å². The van der Waals surface area contributed by atoms with Gasteiger partial charge in [-0.2, -0.15) is 0 Å². The molecule has 2 unspecified atom stereocenters. The van der Waals surface area contributed by atoms with Crippen LogP contribution < -0.4 is 10.0 Å². The molecule has 3 aromatic rings. The van der Waals surface area contributed by atoms with Gasteiger partial charge in [0, 0.05) is 5.69 Å². The molecule has 0 aromatic heterocycles. The highest BCUT2D eigenvalue weighted by molar-refractivity contribution is 7.90. The summed E-state index contributed by atoms with van der Waals surface area (Å²) < 4.78 is 27.2. The number of carbonyl (C=O) groups excluding carboxylic acids is 1. The summed E-state index contributed by atoms with van der Waals surface area (Å²) in [4.78, 5) is 12.5. The van der Waals surface area contributed by atoms with Crippen LogP contribution in [0.3, 0.4) is 0 Å². The molecule has 6 heteroatoms. The topological polar surface area (TPSA) is 75.3 Å². The van der Waals surface area contributed by atoms with Crippen LogP contribution in [0, 0.1) is 18.8 Å². The maximum atomic E-state index is 12.5. The number of nitrogens with one attached hydrogen (secondary N) is 2. The molecule has 2 atom stereocenters.